The van der Waals surface area contributed by atoms with Gasteiger partial charge in [-0.1, -0.05) is 11.6 Å². The molecule has 1 fully saturated rings. The summed E-state index contributed by atoms with van der Waals surface area (Å²) in [6.07, 6.45) is 1.43. The Morgan fingerprint density at radius 2 is 1.64 bits per heavy atom. The van der Waals surface area contributed by atoms with Crippen molar-refractivity contribution in [2.45, 2.75) is 18.9 Å². The SMILES string of the molecule is COc1ccc(C(=O)NC2CCN(C(=O)COc3ccc(Cl)cc3)CC2)cc1. The summed E-state index contributed by atoms with van der Waals surface area (Å²) in [5.41, 5.74) is 0.593. The van der Waals surface area contributed by atoms with Gasteiger partial charge in [-0.3, -0.25) is 9.59 Å². The van der Waals surface area contributed by atoms with E-state index in [1.807, 2.05) is 0 Å². The molecule has 1 N–H and O–H groups in total. The Morgan fingerprint density at radius 1 is 1.04 bits per heavy atom. The van der Waals surface area contributed by atoms with Crippen LogP contribution in [0.4, 0.5) is 0 Å². The predicted molar refractivity (Wildman–Crippen MR) is 107 cm³/mol. The highest BCUT2D eigenvalue weighted by Gasteiger charge is 2.24. The van der Waals surface area contributed by atoms with Gasteiger partial charge in [0.25, 0.3) is 11.8 Å². The van der Waals surface area contributed by atoms with Crippen LogP contribution in [0.3, 0.4) is 0 Å². The summed E-state index contributed by atoms with van der Waals surface area (Å²) in [5, 5.41) is 3.66. The van der Waals surface area contributed by atoms with Gasteiger partial charge in [0.15, 0.2) is 6.61 Å². The summed E-state index contributed by atoms with van der Waals surface area (Å²) < 4.78 is 10.6. The molecule has 0 bridgehead atoms. The van der Waals surface area contributed by atoms with Crippen LogP contribution in [0.15, 0.2) is 48.5 Å². The number of benzene rings is 2. The molecule has 3 rings (SSSR count). The number of methoxy groups -OCH3 is 1. The smallest absolute Gasteiger partial charge is 0.260 e. The Bertz CT molecular complexity index is 800. The minimum Gasteiger partial charge on any atom is -0.497 e. The van der Waals surface area contributed by atoms with E-state index in [1.165, 1.54) is 0 Å². The standard InChI is InChI=1S/C21H23ClN2O4/c1-27-18-6-2-15(3-7-18)21(26)23-17-10-12-24(13-11-17)20(25)14-28-19-8-4-16(22)5-9-19/h2-9,17H,10-14H2,1H3,(H,23,26). The lowest BCUT2D eigenvalue weighted by atomic mass is 10.0. The van der Waals surface area contributed by atoms with Crippen LogP contribution in [0.2, 0.25) is 5.02 Å². The predicted octanol–water partition coefficient (Wildman–Crippen LogP) is 3.15. The molecule has 0 radical (unpaired) electrons. The zero-order valence-electron chi connectivity index (χ0n) is 15.7. The van der Waals surface area contributed by atoms with E-state index < -0.39 is 0 Å². The quantitative estimate of drug-likeness (QED) is 0.806. The van der Waals surface area contributed by atoms with E-state index in [4.69, 9.17) is 21.1 Å². The lowest BCUT2D eigenvalue weighted by molar-refractivity contribution is -0.134. The van der Waals surface area contributed by atoms with Crippen molar-refractivity contribution in [2.24, 2.45) is 0 Å². The van der Waals surface area contributed by atoms with Gasteiger partial charge in [0, 0.05) is 29.7 Å². The van der Waals surface area contributed by atoms with Gasteiger partial charge >= 0.3 is 0 Å². The molecule has 0 aromatic heterocycles. The van der Waals surface area contributed by atoms with Crippen LogP contribution in [0.5, 0.6) is 11.5 Å². The van der Waals surface area contributed by atoms with Crippen molar-refractivity contribution in [1.82, 2.24) is 10.2 Å². The number of carbonyl (C=O) groups is 2. The second kappa shape index (κ2) is 9.46. The minimum absolute atomic E-state index is 0.00942. The highest BCUT2D eigenvalue weighted by molar-refractivity contribution is 6.30. The Balaban J connectivity index is 1.42. The molecule has 6 nitrogen and oxygen atoms in total. The van der Waals surface area contributed by atoms with Crippen molar-refractivity contribution >= 4 is 23.4 Å². The van der Waals surface area contributed by atoms with Crippen molar-refractivity contribution in [1.29, 1.82) is 0 Å². The highest BCUT2D eigenvalue weighted by atomic mass is 35.5. The molecular formula is C21H23ClN2O4. The number of piperidine rings is 1. The van der Waals surface area contributed by atoms with E-state index in [0.29, 0.717) is 48.0 Å². The molecule has 1 aliphatic heterocycles. The number of amides is 2. The van der Waals surface area contributed by atoms with E-state index >= 15 is 0 Å². The number of carbonyl (C=O) groups excluding carboxylic acids is 2. The molecule has 148 valence electrons. The normalized spacial score (nSPS) is 14.4. The first kappa shape index (κ1) is 20.0. The van der Waals surface area contributed by atoms with Gasteiger partial charge in [-0.25, -0.2) is 0 Å². The highest BCUT2D eigenvalue weighted by Crippen LogP contribution is 2.17. The molecule has 1 aliphatic rings. The summed E-state index contributed by atoms with van der Waals surface area (Å²) in [7, 11) is 1.59. The van der Waals surface area contributed by atoms with E-state index in [2.05, 4.69) is 5.32 Å². The number of halogens is 1. The summed E-state index contributed by atoms with van der Waals surface area (Å²) in [6, 6.07) is 14.0. The van der Waals surface area contributed by atoms with Crippen molar-refractivity contribution < 1.29 is 19.1 Å². The Labute approximate surface area is 169 Å². The molecule has 28 heavy (non-hydrogen) atoms. The Kier molecular flexibility index (Phi) is 6.76. The largest absolute Gasteiger partial charge is 0.497 e. The van der Waals surface area contributed by atoms with Gasteiger partial charge < -0.3 is 19.7 Å². The molecule has 0 aliphatic carbocycles. The van der Waals surface area contributed by atoms with Gasteiger partial charge in [0.05, 0.1) is 7.11 Å². The van der Waals surface area contributed by atoms with E-state index in [0.717, 1.165) is 0 Å². The van der Waals surface area contributed by atoms with Crippen LogP contribution in [0.1, 0.15) is 23.2 Å². The van der Waals surface area contributed by atoms with Crippen molar-refractivity contribution in [3.05, 3.63) is 59.1 Å². The molecular weight excluding hydrogens is 380 g/mol. The summed E-state index contributed by atoms with van der Waals surface area (Å²) in [4.78, 5) is 26.4. The first-order valence-corrected chi connectivity index (χ1v) is 9.54. The first-order chi connectivity index (χ1) is 13.5. The zero-order valence-corrected chi connectivity index (χ0v) is 16.4. The fourth-order valence-corrected chi connectivity index (χ4v) is 3.18. The average molecular weight is 403 g/mol. The Hall–Kier alpha value is -2.73. The third-order valence-corrected chi connectivity index (χ3v) is 4.96. The lowest BCUT2D eigenvalue weighted by Gasteiger charge is -2.32. The number of hydrogen-bond donors (Lipinski definition) is 1. The summed E-state index contributed by atoms with van der Waals surface area (Å²) in [6.45, 7) is 1.18. The van der Waals surface area contributed by atoms with Crippen LogP contribution in [-0.2, 0) is 4.79 Å². The van der Waals surface area contributed by atoms with Crippen molar-refractivity contribution in [3.8, 4) is 11.5 Å². The van der Waals surface area contributed by atoms with E-state index in [1.54, 1.807) is 60.5 Å². The maximum absolute atomic E-state index is 12.3. The molecule has 1 saturated heterocycles. The van der Waals surface area contributed by atoms with Gasteiger partial charge in [-0.05, 0) is 61.4 Å². The molecule has 0 spiro atoms. The fraction of sp³-hybridized carbons (Fsp3) is 0.333. The van der Waals surface area contributed by atoms with E-state index in [9.17, 15) is 9.59 Å². The number of nitrogens with zero attached hydrogens (tertiary/aromatic N) is 1. The molecule has 2 aromatic rings. The topological polar surface area (TPSA) is 67.9 Å². The molecule has 1 heterocycles. The van der Waals surface area contributed by atoms with Crippen LogP contribution in [0.25, 0.3) is 0 Å². The number of nitrogens with one attached hydrogen (secondary N) is 1. The maximum atomic E-state index is 12.3. The number of likely N-dealkylation sites (tertiary alicyclic amines) is 1. The van der Waals surface area contributed by atoms with Crippen LogP contribution in [-0.4, -0.2) is 49.6 Å². The second-order valence-electron chi connectivity index (χ2n) is 6.60. The minimum atomic E-state index is -0.112. The lowest BCUT2D eigenvalue weighted by Crippen LogP contribution is -2.47. The maximum Gasteiger partial charge on any atom is 0.260 e. The van der Waals surface area contributed by atoms with Gasteiger partial charge in [0.2, 0.25) is 0 Å². The molecule has 0 atom stereocenters. The Morgan fingerprint density at radius 3 is 2.25 bits per heavy atom. The monoisotopic (exact) mass is 402 g/mol. The summed E-state index contributed by atoms with van der Waals surface area (Å²) in [5.74, 6) is 1.15. The zero-order chi connectivity index (χ0) is 19.9. The second-order valence-corrected chi connectivity index (χ2v) is 7.04. The third-order valence-electron chi connectivity index (χ3n) is 4.71. The molecule has 7 heteroatoms. The van der Waals surface area contributed by atoms with Gasteiger partial charge in [-0.15, -0.1) is 0 Å². The summed E-state index contributed by atoms with van der Waals surface area (Å²) >= 11 is 5.83. The molecule has 0 unspecified atom stereocenters. The van der Waals surface area contributed by atoms with Gasteiger partial charge in [-0.2, -0.15) is 0 Å². The third kappa shape index (κ3) is 5.39. The van der Waals surface area contributed by atoms with Crippen molar-refractivity contribution in [3.63, 3.8) is 0 Å². The molecule has 0 saturated carbocycles. The molecule has 2 aromatic carbocycles. The van der Waals surface area contributed by atoms with Crippen LogP contribution < -0.4 is 14.8 Å². The number of ether oxygens (including phenoxy) is 2. The fourth-order valence-electron chi connectivity index (χ4n) is 3.05. The van der Waals surface area contributed by atoms with Crippen molar-refractivity contribution in [2.75, 3.05) is 26.8 Å². The number of rotatable bonds is 6. The first-order valence-electron chi connectivity index (χ1n) is 9.16. The van der Waals surface area contributed by atoms with Crippen LogP contribution in [0, 0.1) is 0 Å². The van der Waals surface area contributed by atoms with Crippen LogP contribution >= 0.6 is 11.6 Å². The van der Waals surface area contributed by atoms with E-state index in [-0.39, 0.29) is 24.5 Å². The van der Waals surface area contributed by atoms with Gasteiger partial charge in [0.1, 0.15) is 11.5 Å². The molecule has 2 amide bonds. The number of hydrogen-bond acceptors (Lipinski definition) is 4. The average Bonchev–Trinajstić information content (AvgIpc) is 2.73.